The van der Waals surface area contributed by atoms with Crippen LogP contribution in [0.25, 0.3) is 0 Å². The molecule has 3 rings (SSSR count). The van der Waals surface area contributed by atoms with Gasteiger partial charge in [-0.25, -0.2) is 5.14 Å². The molecule has 3 aliphatic rings. The third-order valence-electron chi connectivity index (χ3n) is 3.70. The van der Waals surface area contributed by atoms with Crippen molar-refractivity contribution in [1.29, 1.82) is 0 Å². The van der Waals surface area contributed by atoms with E-state index in [1.165, 1.54) is 0 Å². The minimum absolute atomic E-state index is 0.165. The zero-order valence-corrected chi connectivity index (χ0v) is 13.7. The lowest BCUT2D eigenvalue weighted by Crippen LogP contribution is -2.60. The van der Waals surface area contributed by atoms with Gasteiger partial charge in [0.05, 0.1) is 6.61 Å². The molecule has 10 heteroatoms. The molecule has 0 spiro atoms. The molecule has 3 fully saturated rings. The van der Waals surface area contributed by atoms with Gasteiger partial charge >= 0.3 is 10.3 Å². The van der Waals surface area contributed by atoms with Crippen LogP contribution in [0.3, 0.4) is 0 Å². The molecule has 0 aromatic heterocycles. The summed E-state index contributed by atoms with van der Waals surface area (Å²) in [6, 6.07) is 0. The van der Waals surface area contributed by atoms with Crippen LogP contribution in [0.1, 0.15) is 27.7 Å². The fraction of sp³-hybridized carbons (Fsp3) is 1.00. The largest absolute Gasteiger partial charge is 0.343 e. The van der Waals surface area contributed by atoms with Gasteiger partial charge in [0.15, 0.2) is 11.6 Å². The van der Waals surface area contributed by atoms with E-state index < -0.39 is 46.5 Å². The van der Waals surface area contributed by atoms with Gasteiger partial charge in [0.2, 0.25) is 5.79 Å². The van der Waals surface area contributed by atoms with Crippen LogP contribution in [0.15, 0.2) is 0 Å². The average Bonchev–Trinajstić information content (AvgIpc) is 2.78. The lowest BCUT2D eigenvalue weighted by atomic mass is 9.98. The molecule has 0 saturated carbocycles. The van der Waals surface area contributed by atoms with Crippen molar-refractivity contribution in [2.45, 2.75) is 63.4 Å². The summed E-state index contributed by atoms with van der Waals surface area (Å²) in [5.74, 6) is -3.19. The number of nitrogens with two attached hydrogens (primary N) is 1. The summed E-state index contributed by atoms with van der Waals surface area (Å²) < 4.78 is 55.9. The average molecular weight is 339 g/mol. The smallest absolute Gasteiger partial charge is 0.333 e. The van der Waals surface area contributed by atoms with Gasteiger partial charge < -0.3 is 23.7 Å². The van der Waals surface area contributed by atoms with Gasteiger partial charge in [0.25, 0.3) is 0 Å². The third kappa shape index (κ3) is 3.02. The van der Waals surface area contributed by atoms with Crippen LogP contribution in [0.2, 0.25) is 0 Å². The number of hydrogen-bond acceptors (Lipinski definition) is 8. The van der Waals surface area contributed by atoms with Gasteiger partial charge in [-0.2, -0.15) is 8.42 Å². The van der Waals surface area contributed by atoms with Crippen LogP contribution < -0.4 is 5.14 Å². The van der Waals surface area contributed by atoms with E-state index in [9.17, 15) is 8.42 Å². The summed E-state index contributed by atoms with van der Waals surface area (Å²) in [6.45, 7) is 6.71. The Labute approximate surface area is 129 Å². The van der Waals surface area contributed by atoms with E-state index in [0.29, 0.717) is 0 Å². The minimum atomic E-state index is -4.14. The third-order valence-corrected chi connectivity index (χ3v) is 4.15. The lowest BCUT2D eigenvalue weighted by Gasteiger charge is -2.40. The Morgan fingerprint density at radius 2 is 1.82 bits per heavy atom. The first-order chi connectivity index (χ1) is 9.92. The van der Waals surface area contributed by atoms with E-state index in [2.05, 4.69) is 0 Å². The molecular weight excluding hydrogens is 318 g/mol. The number of hydrogen-bond donors (Lipinski definition) is 1. The first-order valence-corrected chi connectivity index (χ1v) is 8.43. The van der Waals surface area contributed by atoms with Gasteiger partial charge in [-0.15, -0.1) is 0 Å². The summed E-state index contributed by atoms with van der Waals surface area (Å²) in [5, 5.41) is 4.89. The van der Waals surface area contributed by atoms with Crippen molar-refractivity contribution in [1.82, 2.24) is 0 Å². The second-order valence-electron chi connectivity index (χ2n) is 6.56. The molecule has 0 amide bonds. The highest BCUT2D eigenvalue weighted by atomic mass is 32.2. The van der Waals surface area contributed by atoms with E-state index in [1.54, 1.807) is 27.7 Å². The quantitative estimate of drug-likeness (QED) is 0.739. The summed E-state index contributed by atoms with van der Waals surface area (Å²) in [4.78, 5) is 0. The highest BCUT2D eigenvalue weighted by Crippen LogP contribution is 2.47. The number of fused-ring (bicyclic) bond motifs is 3. The molecule has 3 aliphatic heterocycles. The standard InChI is InChI=1S/C12H21NO8S/c1-10(2)18-7-5-16-12(6-17-22(13,14)15)9(8(7)19-10)20-11(3,4)21-12/h7-9H,5-6H2,1-4H3,(H2,13,14,15)/t7-,8-,9-,12+/m0/s1. The van der Waals surface area contributed by atoms with E-state index in [0.717, 1.165) is 0 Å². The lowest BCUT2D eigenvalue weighted by molar-refractivity contribution is -0.290. The fourth-order valence-electron chi connectivity index (χ4n) is 3.11. The topological polar surface area (TPSA) is 116 Å². The van der Waals surface area contributed by atoms with Gasteiger partial charge in [0.1, 0.15) is 24.9 Å². The molecule has 2 N–H and O–H groups in total. The fourth-order valence-corrected chi connectivity index (χ4v) is 3.44. The van der Waals surface area contributed by atoms with Gasteiger partial charge in [-0.3, -0.25) is 4.18 Å². The Morgan fingerprint density at radius 1 is 1.14 bits per heavy atom. The maximum atomic E-state index is 11.1. The van der Waals surface area contributed by atoms with Crippen molar-refractivity contribution in [3.05, 3.63) is 0 Å². The summed E-state index contributed by atoms with van der Waals surface area (Å²) in [7, 11) is -4.14. The van der Waals surface area contributed by atoms with E-state index in [1.807, 2.05) is 0 Å². The Bertz CT molecular complexity index is 561. The zero-order valence-electron chi connectivity index (χ0n) is 12.9. The molecule has 0 aliphatic carbocycles. The SMILES string of the molecule is CC1(C)O[C@H]2[C@H](CO[C@]3(COS(N)(=O)=O)OC(C)(C)O[C@@H]23)O1. The summed E-state index contributed by atoms with van der Waals surface area (Å²) >= 11 is 0. The monoisotopic (exact) mass is 339 g/mol. The van der Waals surface area contributed by atoms with Gasteiger partial charge in [0, 0.05) is 0 Å². The van der Waals surface area contributed by atoms with Gasteiger partial charge in [-0.05, 0) is 27.7 Å². The minimum Gasteiger partial charge on any atom is -0.343 e. The predicted octanol–water partition coefficient (Wildman–Crippen LogP) is -0.395. The molecular formula is C12H21NO8S. The summed E-state index contributed by atoms with van der Waals surface area (Å²) in [6.07, 6.45) is -1.50. The molecule has 0 radical (unpaired) electrons. The van der Waals surface area contributed by atoms with Crippen LogP contribution in [-0.4, -0.2) is 57.3 Å². The van der Waals surface area contributed by atoms with Crippen LogP contribution >= 0.6 is 0 Å². The Balaban J connectivity index is 1.87. The first kappa shape index (κ1) is 16.5. The normalized spacial score (nSPS) is 42.9. The molecule has 0 aromatic carbocycles. The number of ether oxygens (including phenoxy) is 5. The molecule has 0 bridgehead atoms. The van der Waals surface area contributed by atoms with Crippen molar-refractivity contribution in [2.75, 3.05) is 13.2 Å². The molecule has 9 nitrogen and oxygen atoms in total. The zero-order chi connectivity index (χ0) is 16.4. The highest BCUT2D eigenvalue weighted by molar-refractivity contribution is 7.84. The van der Waals surface area contributed by atoms with Crippen LogP contribution in [0.4, 0.5) is 0 Å². The van der Waals surface area contributed by atoms with E-state index in [4.69, 9.17) is 33.0 Å². The maximum Gasteiger partial charge on any atom is 0.333 e. The van der Waals surface area contributed by atoms with E-state index in [-0.39, 0.29) is 12.7 Å². The second kappa shape index (κ2) is 4.84. The Morgan fingerprint density at radius 3 is 2.45 bits per heavy atom. The molecule has 128 valence electrons. The molecule has 0 unspecified atom stereocenters. The summed E-state index contributed by atoms with van der Waals surface area (Å²) in [5.41, 5.74) is 0. The maximum absolute atomic E-state index is 11.1. The molecule has 3 saturated heterocycles. The van der Waals surface area contributed by atoms with Crippen molar-refractivity contribution in [2.24, 2.45) is 5.14 Å². The highest BCUT2D eigenvalue weighted by Gasteiger charge is 2.65. The molecule has 4 atom stereocenters. The molecule has 22 heavy (non-hydrogen) atoms. The van der Waals surface area contributed by atoms with Crippen LogP contribution in [0, 0.1) is 0 Å². The Hall–Kier alpha value is -0.330. The first-order valence-electron chi connectivity index (χ1n) is 6.96. The number of rotatable bonds is 3. The van der Waals surface area contributed by atoms with Crippen LogP contribution in [-0.2, 0) is 38.2 Å². The van der Waals surface area contributed by atoms with Crippen molar-refractivity contribution >= 4 is 10.3 Å². The van der Waals surface area contributed by atoms with Crippen molar-refractivity contribution < 1.29 is 36.3 Å². The van der Waals surface area contributed by atoms with Crippen molar-refractivity contribution in [3.8, 4) is 0 Å². The second-order valence-corrected chi connectivity index (χ2v) is 7.78. The predicted molar refractivity (Wildman–Crippen MR) is 71.6 cm³/mol. The van der Waals surface area contributed by atoms with E-state index >= 15 is 0 Å². The van der Waals surface area contributed by atoms with Gasteiger partial charge in [-0.1, -0.05) is 0 Å². The molecule has 0 aromatic rings. The Kier molecular flexibility index (Phi) is 3.63. The van der Waals surface area contributed by atoms with Crippen LogP contribution in [0.5, 0.6) is 0 Å². The molecule has 3 heterocycles. The van der Waals surface area contributed by atoms with Crippen molar-refractivity contribution in [3.63, 3.8) is 0 Å².